The zero-order valence-electron chi connectivity index (χ0n) is 18.0. The Morgan fingerprint density at radius 2 is 1.52 bits per heavy atom. The second kappa shape index (κ2) is 9.29. The summed E-state index contributed by atoms with van der Waals surface area (Å²) in [6.07, 6.45) is 0. The fourth-order valence-corrected chi connectivity index (χ4v) is 3.38. The van der Waals surface area contributed by atoms with Crippen molar-refractivity contribution in [3.05, 3.63) is 53.2 Å². The van der Waals surface area contributed by atoms with Crippen LogP contribution in [0.15, 0.2) is 47.7 Å². The van der Waals surface area contributed by atoms with Gasteiger partial charge in [0.1, 0.15) is 23.0 Å². The molecular weight excluding hydrogens is 402 g/mol. The summed E-state index contributed by atoms with van der Waals surface area (Å²) in [7, 11) is 6.11. The van der Waals surface area contributed by atoms with Crippen molar-refractivity contribution in [2.45, 2.75) is 13.0 Å². The molecule has 0 saturated heterocycles. The van der Waals surface area contributed by atoms with Gasteiger partial charge in [-0.05, 0) is 31.2 Å². The van der Waals surface area contributed by atoms with Crippen LogP contribution >= 0.6 is 0 Å². The Morgan fingerprint density at radius 3 is 2.13 bits per heavy atom. The van der Waals surface area contributed by atoms with Gasteiger partial charge in [0.25, 0.3) is 5.91 Å². The molecule has 0 spiro atoms. The van der Waals surface area contributed by atoms with Crippen LogP contribution in [0.5, 0.6) is 23.0 Å². The summed E-state index contributed by atoms with van der Waals surface area (Å²) >= 11 is 0. The van der Waals surface area contributed by atoms with E-state index >= 15 is 0 Å². The number of rotatable bonds is 7. The van der Waals surface area contributed by atoms with Gasteiger partial charge in [-0.25, -0.2) is 4.79 Å². The Hall–Kier alpha value is -3.88. The standard InChI is InChI=1S/C22H25N3O6/c1-12-19(21(26)24-16-9-7-14(29-3)11-18(16)31-5)20(25-22(27)23-12)15-8-6-13(28-2)10-17(15)30-4/h6-11,20H,1-5H3,(H,24,26)(H2,23,25,27)/t20-/m1/s1. The van der Waals surface area contributed by atoms with E-state index in [1.807, 2.05) is 0 Å². The molecule has 2 aromatic rings. The minimum atomic E-state index is -0.737. The number of hydrogen-bond donors (Lipinski definition) is 3. The highest BCUT2D eigenvalue weighted by Gasteiger charge is 2.33. The number of urea groups is 1. The van der Waals surface area contributed by atoms with E-state index in [2.05, 4.69) is 16.0 Å². The predicted octanol–water partition coefficient (Wildman–Crippen LogP) is 2.99. The fourth-order valence-electron chi connectivity index (χ4n) is 3.38. The van der Waals surface area contributed by atoms with Crippen molar-refractivity contribution in [3.8, 4) is 23.0 Å². The molecule has 0 saturated carbocycles. The lowest BCUT2D eigenvalue weighted by molar-refractivity contribution is -0.113. The van der Waals surface area contributed by atoms with E-state index in [9.17, 15) is 9.59 Å². The van der Waals surface area contributed by atoms with Crippen LogP contribution < -0.4 is 34.9 Å². The number of amides is 3. The summed E-state index contributed by atoms with van der Waals surface area (Å²) in [6, 6.07) is 9.10. The fraction of sp³-hybridized carbons (Fsp3) is 0.273. The topological polar surface area (TPSA) is 107 Å². The molecule has 9 nitrogen and oxygen atoms in total. The molecular formula is C22H25N3O6. The Kier molecular flexibility index (Phi) is 6.54. The normalized spacial score (nSPS) is 15.5. The highest BCUT2D eigenvalue weighted by atomic mass is 16.5. The number of allylic oxidation sites excluding steroid dienone is 1. The quantitative estimate of drug-likeness (QED) is 0.627. The molecule has 1 heterocycles. The summed E-state index contributed by atoms with van der Waals surface area (Å²) in [6.45, 7) is 1.67. The van der Waals surface area contributed by atoms with Crippen LogP contribution in [0.2, 0.25) is 0 Å². The third-order valence-electron chi connectivity index (χ3n) is 4.92. The molecule has 164 valence electrons. The third-order valence-corrected chi connectivity index (χ3v) is 4.92. The second-order valence-corrected chi connectivity index (χ2v) is 6.70. The van der Waals surface area contributed by atoms with Gasteiger partial charge in [-0.1, -0.05) is 0 Å². The molecule has 1 aliphatic heterocycles. The van der Waals surface area contributed by atoms with Gasteiger partial charge in [0.2, 0.25) is 0 Å². The Labute approximate surface area is 180 Å². The average molecular weight is 427 g/mol. The van der Waals surface area contributed by atoms with E-state index < -0.39 is 18.0 Å². The second-order valence-electron chi connectivity index (χ2n) is 6.70. The molecule has 0 aromatic heterocycles. The smallest absolute Gasteiger partial charge is 0.319 e. The maximum Gasteiger partial charge on any atom is 0.319 e. The van der Waals surface area contributed by atoms with Gasteiger partial charge in [-0.2, -0.15) is 0 Å². The van der Waals surface area contributed by atoms with Crippen LogP contribution in [0, 0.1) is 0 Å². The van der Waals surface area contributed by atoms with E-state index in [0.717, 1.165) is 0 Å². The molecule has 9 heteroatoms. The maximum atomic E-state index is 13.3. The van der Waals surface area contributed by atoms with Crippen LogP contribution in [0.1, 0.15) is 18.5 Å². The van der Waals surface area contributed by atoms with E-state index in [1.165, 1.54) is 14.2 Å². The van der Waals surface area contributed by atoms with E-state index in [1.54, 1.807) is 57.5 Å². The first kappa shape index (κ1) is 21.8. The van der Waals surface area contributed by atoms with E-state index in [4.69, 9.17) is 18.9 Å². The van der Waals surface area contributed by atoms with Crippen LogP contribution in [0.4, 0.5) is 10.5 Å². The minimum absolute atomic E-state index is 0.334. The van der Waals surface area contributed by atoms with E-state index in [0.29, 0.717) is 45.5 Å². The highest BCUT2D eigenvalue weighted by Crippen LogP contribution is 2.36. The molecule has 31 heavy (non-hydrogen) atoms. The van der Waals surface area contributed by atoms with Gasteiger partial charge < -0.3 is 34.9 Å². The number of hydrogen-bond acceptors (Lipinski definition) is 6. The summed E-state index contributed by atoms with van der Waals surface area (Å²) in [5.41, 5.74) is 1.84. The first-order valence-electron chi connectivity index (χ1n) is 9.45. The lowest BCUT2D eigenvalue weighted by Gasteiger charge is -2.29. The number of methoxy groups -OCH3 is 4. The molecule has 1 aliphatic rings. The molecule has 1 atom stereocenters. The number of carbonyl (C=O) groups is 2. The monoisotopic (exact) mass is 427 g/mol. The van der Waals surface area contributed by atoms with Gasteiger partial charge in [0.15, 0.2) is 0 Å². The van der Waals surface area contributed by atoms with Gasteiger partial charge in [-0.3, -0.25) is 4.79 Å². The molecule has 3 N–H and O–H groups in total. The Bertz CT molecular complexity index is 1030. The SMILES string of the molecule is COc1ccc(NC(=O)C2=C(C)NC(=O)N[C@@H]2c2ccc(OC)cc2OC)c(OC)c1. The summed E-state index contributed by atoms with van der Waals surface area (Å²) in [5, 5.41) is 8.31. The van der Waals surface area contributed by atoms with Crippen molar-refractivity contribution >= 4 is 17.6 Å². The summed E-state index contributed by atoms with van der Waals surface area (Å²) < 4.78 is 21.3. The maximum absolute atomic E-state index is 13.3. The molecule has 3 rings (SSSR count). The first-order valence-corrected chi connectivity index (χ1v) is 9.45. The molecule has 3 amide bonds. The van der Waals surface area contributed by atoms with Gasteiger partial charge in [-0.15, -0.1) is 0 Å². The minimum Gasteiger partial charge on any atom is -0.497 e. The van der Waals surface area contributed by atoms with Gasteiger partial charge in [0.05, 0.1) is 45.7 Å². The van der Waals surface area contributed by atoms with Crippen molar-refractivity contribution in [2.75, 3.05) is 33.8 Å². The molecule has 0 radical (unpaired) electrons. The molecule has 0 aliphatic carbocycles. The van der Waals surface area contributed by atoms with Crippen molar-refractivity contribution in [3.63, 3.8) is 0 Å². The third kappa shape index (κ3) is 4.50. The lowest BCUT2D eigenvalue weighted by atomic mass is 9.94. The number of benzene rings is 2. The van der Waals surface area contributed by atoms with Crippen molar-refractivity contribution in [2.24, 2.45) is 0 Å². The summed E-state index contributed by atoms with van der Waals surface area (Å²) in [4.78, 5) is 25.5. The van der Waals surface area contributed by atoms with E-state index in [-0.39, 0.29) is 0 Å². The zero-order valence-corrected chi connectivity index (χ0v) is 18.0. The Balaban J connectivity index is 2.00. The lowest BCUT2D eigenvalue weighted by Crippen LogP contribution is -2.46. The molecule has 0 fully saturated rings. The zero-order chi connectivity index (χ0) is 22.5. The number of ether oxygens (including phenoxy) is 4. The van der Waals surface area contributed by atoms with Crippen LogP contribution in [-0.2, 0) is 4.79 Å². The largest absolute Gasteiger partial charge is 0.497 e. The van der Waals surface area contributed by atoms with Crippen LogP contribution in [0.3, 0.4) is 0 Å². The number of anilines is 1. The highest BCUT2D eigenvalue weighted by molar-refractivity contribution is 6.07. The van der Waals surface area contributed by atoms with Crippen LogP contribution in [-0.4, -0.2) is 40.4 Å². The van der Waals surface area contributed by atoms with Crippen molar-refractivity contribution in [1.82, 2.24) is 10.6 Å². The molecule has 2 aromatic carbocycles. The summed E-state index contributed by atoms with van der Waals surface area (Å²) in [5.74, 6) is 1.70. The van der Waals surface area contributed by atoms with Gasteiger partial charge >= 0.3 is 6.03 Å². The number of carbonyl (C=O) groups excluding carboxylic acids is 2. The predicted molar refractivity (Wildman–Crippen MR) is 115 cm³/mol. The van der Waals surface area contributed by atoms with Crippen molar-refractivity contribution in [1.29, 1.82) is 0 Å². The Morgan fingerprint density at radius 1 is 0.903 bits per heavy atom. The first-order chi connectivity index (χ1) is 14.9. The van der Waals surface area contributed by atoms with Gasteiger partial charge in [0, 0.05) is 23.4 Å². The number of nitrogens with one attached hydrogen (secondary N) is 3. The van der Waals surface area contributed by atoms with Crippen LogP contribution in [0.25, 0.3) is 0 Å². The molecule has 0 bridgehead atoms. The molecule has 0 unspecified atom stereocenters. The van der Waals surface area contributed by atoms with Crippen molar-refractivity contribution < 1.29 is 28.5 Å². The average Bonchev–Trinajstić information content (AvgIpc) is 2.78.